The van der Waals surface area contributed by atoms with Crippen LogP contribution in [-0.4, -0.2) is 41.7 Å². The SMILES string of the molecule is O=C1CC(C(=O)N2CCCc3cc4c(cc3CCc3cc(ccc3O)CC2)OCO4)c2cc(F)ccc2N1. The summed E-state index contributed by atoms with van der Waals surface area (Å²) in [5, 5.41) is 13.3. The standard InChI is InChI=1S/C30H29FN2O5/c31-22-6-7-25-23(15-22)24(16-29(35)32-25)30(36)33-10-1-2-19-13-27-28(38-17-37-27)14-20(19)4-5-21-12-18(9-11-33)3-8-26(21)34/h3,6-8,12-15,24,34H,1-2,4-5,9-11,16-17H2,(H,32,35). The maximum atomic E-state index is 14.1. The molecule has 38 heavy (non-hydrogen) atoms. The molecule has 0 saturated carbocycles. The van der Waals surface area contributed by atoms with Crippen molar-refractivity contribution in [2.24, 2.45) is 0 Å². The number of anilines is 1. The highest BCUT2D eigenvalue weighted by atomic mass is 19.1. The zero-order chi connectivity index (χ0) is 26.2. The van der Waals surface area contributed by atoms with Crippen molar-refractivity contribution in [2.75, 3.05) is 25.2 Å². The number of halogens is 1. The Morgan fingerprint density at radius 3 is 2.50 bits per heavy atom. The zero-order valence-electron chi connectivity index (χ0n) is 21.0. The third-order valence-corrected chi connectivity index (χ3v) is 7.71. The molecule has 8 heteroatoms. The van der Waals surface area contributed by atoms with Gasteiger partial charge in [0, 0.05) is 25.2 Å². The molecule has 6 rings (SSSR count). The fraction of sp³-hybridized carbons (Fsp3) is 0.333. The molecule has 1 atom stereocenters. The molecular formula is C30H29FN2O5. The van der Waals surface area contributed by atoms with E-state index in [0.29, 0.717) is 37.2 Å². The summed E-state index contributed by atoms with van der Waals surface area (Å²) >= 11 is 0. The van der Waals surface area contributed by atoms with Crippen LogP contribution in [0.1, 0.15) is 46.6 Å². The Bertz CT molecular complexity index is 1420. The van der Waals surface area contributed by atoms with Crippen LogP contribution in [0.4, 0.5) is 10.1 Å². The molecule has 0 aliphatic carbocycles. The summed E-state index contributed by atoms with van der Waals surface area (Å²) < 4.78 is 25.3. The fourth-order valence-electron chi connectivity index (χ4n) is 5.69. The van der Waals surface area contributed by atoms with E-state index in [9.17, 15) is 19.1 Å². The van der Waals surface area contributed by atoms with E-state index in [4.69, 9.17) is 9.47 Å². The molecule has 0 fully saturated rings. The number of phenols is 1. The molecule has 196 valence electrons. The summed E-state index contributed by atoms with van der Waals surface area (Å²) in [5.41, 5.74) is 5.14. The van der Waals surface area contributed by atoms with Crippen molar-refractivity contribution < 1.29 is 28.6 Å². The van der Waals surface area contributed by atoms with Crippen molar-refractivity contribution in [2.45, 2.75) is 44.4 Å². The number of ether oxygens (including phenoxy) is 2. The van der Waals surface area contributed by atoms with E-state index in [1.54, 1.807) is 11.0 Å². The van der Waals surface area contributed by atoms with Crippen LogP contribution in [0.25, 0.3) is 0 Å². The molecule has 7 nitrogen and oxygen atoms in total. The first-order valence-electron chi connectivity index (χ1n) is 13.0. The van der Waals surface area contributed by atoms with Gasteiger partial charge in [-0.05, 0) is 96.3 Å². The number of nitrogens with zero attached hydrogens (tertiary/aromatic N) is 1. The topological polar surface area (TPSA) is 88.1 Å². The summed E-state index contributed by atoms with van der Waals surface area (Å²) in [7, 11) is 0. The number of hydrogen-bond acceptors (Lipinski definition) is 5. The highest BCUT2D eigenvalue weighted by Gasteiger charge is 2.34. The van der Waals surface area contributed by atoms with Crippen molar-refractivity contribution in [1.29, 1.82) is 0 Å². The molecule has 3 aromatic carbocycles. The lowest BCUT2D eigenvalue weighted by Crippen LogP contribution is -2.40. The van der Waals surface area contributed by atoms with Gasteiger partial charge >= 0.3 is 0 Å². The van der Waals surface area contributed by atoms with Gasteiger partial charge in [0.1, 0.15) is 11.6 Å². The predicted molar refractivity (Wildman–Crippen MR) is 139 cm³/mol. The fourth-order valence-corrected chi connectivity index (χ4v) is 5.69. The van der Waals surface area contributed by atoms with Crippen molar-refractivity contribution in [3.63, 3.8) is 0 Å². The van der Waals surface area contributed by atoms with Crippen LogP contribution in [0.15, 0.2) is 48.5 Å². The Morgan fingerprint density at radius 2 is 1.68 bits per heavy atom. The minimum atomic E-state index is -0.735. The van der Waals surface area contributed by atoms with Gasteiger partial charge in [0.25, 0.3) is 0 Å². The molecule has 3 aliphatic rings. The molecule has 0 aromatic heterocycles. The highest BCUT2D eigenvalue weighted by Crippen LogP contribution is 2.37. The van der Waals surface area contributed by atoms with Crippen LogP contribution in [0, 0.1) is 5.82 Å². The van der Waals surface area contributed by atoms with Crippen LogP contribution in [0.5, 0.6) is 17.2 Å². The Labute approximate surface area is 220 Å². The number of nitrogens with one attached hydrogen (secondary N) is 1. The van der Waals surface area contributed by atoms with Gasteiger partial charge in [0.15, 0.2) is 11.5 Å². The monoisotopic (exact) mass is 516 g/mol. The Balaban J connectivity index is 1.32. The molecular weight excluding hydrogens is 487 g/mol. The number of amides is 2. The predicted octanol–water partition coefficient (Wildman–Crippen LogP) is 4.49. The van der Waals surface area contributed by atoms with Crippen LogP contribution in [0.2, 0.25) is 0 Å². The van der Waals surface area contributed by atoms with Crippen molar-refractivity contribution in [3.05, 3.63) is 82.2 Å². The summed E-state index contributed by atoms with van der Waals surface area (Å²) in [6.07, 6.45) is 3.46. The first-order valence-corrected chi connectivity index (χ1v) is 13.0. The first-order chi connectivity index (χ1) is 18.4. The maximum Gasteiger partial charge on any atom is 0.231 e. The summed E-state index contributed by atoms with van der Waals surface area (Å²) in [6, 6.07) is 13.8. The average Bonchev–Trinajstić information content (AvgIpc) is 3.37. The van der Waals surface area contributed by atoms with E-state index < -0.39 is 11.7 Å². The van der Waals surface area contributed by atoms with E-state index >= 15 is 0 Å². The van der Waals surface area contributed by atoms with Gasteiger partial charge in [0.05, 0.1) is 5.92 Å². The molecule has 2 amide bonds. The van der Waals surface area contributed by atoms with Crippen LogP contribution >= 0.6 is 0 Å². The number of fused-ring (bicyclic) bond motifs is 5. The first kappa shape index (κ1) is 24.3. The number of carbonyl (C=O) groups is 2. The molecule has 1 unspecified atom stereocenters. The van der Waals surface area contributed by atoms with Gasteiger partial charge in [-0.15, -0.1) is 0 Å². The Morgan fingerprint density at radius 1 is 0.921 bits per heavy atom. The van der Waals surface area contributed by atoms with E-state index in [2.05, 4.69) is 5.32 Å². The normalized spacial score (nSPS) is 18.8. The molecule has 3 aromatic rings. The van der Waals surface area contributed by atoms with E-state index in [1.165, 1.54) is 18.2 Å². The average molecular weight is 517 g/mol. The van der Waals surface area contributed by atoms with E-state index in [1.807, 2.05) is 24.3 Å². The molecule has 0 spiro atoms. The third-order valence-electron chi connectivity index (χ3n) is 7.71. The van der Waals surface area contributed by atoms with Crippen LogP contribution in [-0.2, 0) is 35.3 Å². The smallest absolute Gasteiger partial charge is 0.231 e. The second-order valence-electron chi connectivity index (χ2n) is 10.2. The lowest BCUT2D eigenvalue weighted by atomic mass is 9.89. The number of carbonyl (C=O) groups excluding carboxylic acids is 2. The van der Waals surface area contributed by atoms with Crippen LogP contribution in [0.3, 0.4) is 0 Å². The molecule has 3 heterocycles. The summed E-state index contributed by atoms with van der Waals surface area (Å²) in [6.45, 7) is 1.15. The van der Waals surface area contributed by atoms with Crippen molar-refractivity contribution in [3.8, 4) is 17.2 Å². The van der Waals surface area contributed by atoms with Crippen molar-refractivity contribution >= 4 is 17.5 Å². The number of rotatable bonds is 1. The van der Waals surface area contributed by atoms with Gasteiger partial charge in [-0.3, -0.25) is 9.59 Å². The zero-order valence-corrected chi connectivity index (χ0v) is 21.0. The van der Waals surface area contributed by atoms with E-state index in [0.717, 1.165) is 53.0 Å². The van der Waals surface area contributed by atoms with Gasteiger partial charge in [0.2, 0.25) is 18.6 Å². The largest absolute Gasteiger partial charge is 0.508 e. The lowest BCUT2D eigenvalue weighted by molar-refractivity contribution is -0.135. The molecule has 3 aliphatic heterocycles. The maximum absolute atomic E-state index is 14.1. The van der Waals surface area contributed by atoms with Crippen molar-refractivity contribution in [1.82, 2.24) is 4.90 Å². The minimum Gasteiger partial charge on any atom is -0.508 e. The van der Waals surface area contributed by atoms with E-state index in [-0.39, 0.29) is 30.8 Å². The molecule has 2 bridgehead atoms. The number of phenolic OH excluding ortho intramolecular Hbond substituents is 1. The minimum absolute atomic E-state index is 0.0124. The second-order valence-corrected chi connectivity index (χ2v) is 10.2. The van der Waals surface area contributed by atoms with Gasteiger partial charge in [-0.2, -0.15) is 0 Å². The van der Waals surface area contributed by atoms with Gasteiger partial charge < -0.3 is 24.8 Å². The van der Waals surface area contributed by atoms with Gasteiger partial charge in [-0.1, -0.05) is 12.1 Å². The Hall–Kier alpha value is -4.07. The van der Waals surface area contributed by atoms with Crippen LogP contribution < -0.4 is 14.8 Å². The lowest BCUT2D eigenvalue weighted by Gasteiger charge is -2.31. The highest BCUT2D eigenvalue weighted by molar-refractivity contribution is 6.01. The Kier molecular flexibility index (Phi) is 6.39. The van der Waals surface area contributed by atoms with Gasteiger partial charge in [-0.25, -0.2) is 4.39 Å². The molecule has 0 saturated heterocycles. The quantitative estimate of drug-likeness (QED) is 0.498. The number of aromatic hydroxyl groups is 1. The molecule has 0 radical (unpaired) electrons. The number of benzene rings is 3. The second kappa shape index (κ2) is 10.0. The third kappa shape index (κ3) is 4.78. The summed E-state index contributed by atoms with van der Waals surface area (Å²) in [5.74, 6) is 0.108. The summed E-state index contributed by atoms with van der Waals surface area (Å²) in [4.78, 5) is 28.1. The molecule has 2 N–H and O–H groups in total. The number of aryl methyl sites for hydroxylation is 3. The number of hydrogen-bond donors (Lipinski definition) is 2.